The zero-order valence-electron chi connectivity index (χ0n) is 15.3. The van der Waals surface area contributed by atoms with E-state index in [0.29, 0.717) is 12.5 Å². The normalized spacial score (nSPS) is 19.3. The molecule has 0 aromatic heterocycles. The zero-order chi connectivity index (χ0) is 17.7. The number of hydrogen-bond donors (Lipinski definition) is 1. The summed E-state index contributed by atoms with van der Waals surface area (Å²) in [4.78, 5) is 2.32. The molecule has 0 aliphatic carbocycles. The van der Waals surface area contributed by atoms with Gasteiger partial charge in [0.05, 0.1) is 18.3 Å². The van der Waals surface area contributed by atoms with Gasteiger partial charge in [-0.15, -0.1) is 0 Å². The third kappa shape index (κ3) is 5.40. The topological polar surface area (TPSA) is 32.7 Å². The second kappa shape index (κ2) is 8.13. The number of ether oxygens (including phenoxy) is 1. The van der Waals surface area contributed by atoms with Gasteiger partial charge in [0, 0.05) is 25.6 Å². The predicted molar refractivity (Wildman–Crippen MR) is 102 cm³/mol. The molecule has 25 heavy (non-hydrogen) atoms. The Hall–Kier alpha value is -1.68. The Bertz CT molecular complexity index is 597. The lowest BCUT2D eigenvalue weighted by atomic mass is 9.86. The minimum Gasteiger partial charge on any atom is -0.389 e. The average molecular weight is 339 g/mol. The molecule has 3 rings (SSSR count). The fraction of sp³-hybridized carbons (Fsp3) is 0.455. The first-order valence-electron chi connectivity index (χ1n) is 9.17. The molecule has 0 spiro atoms. The van der Waals surface area contributed by atoms with Crippen LogP contribution in [0.1, 0.15) is 37.3 Å². The van der Waals surface area contributed by atoms with Gasteiger partial charge >= 0.3 is 0 Å². The van der Waals surface area contributed by atoms with Crippen LogP contribution in [-0.2, 0) is 4.74 Å². The lowest BCUT2D eigenvalue weighted by Gasteiger charge is -2.37. The Labute approximate surface area is 151 Å². The largest absolute Gasteiger partial charge is 0.389 e. The Morgan fingerprint density at radius 2 is 1.60 bits per heavy atom. The van der Waals surface area contributed by atoms with Crippen molar-refractivity contribution >= 4 is 0 Å². The van der Waals surface area contributed by atoms with Crippen molar-refractivity contribution in [2.75, 3.05) is 26.2 Å². The van der Waals surface area contributed by atoms with E-state index in [2.05, 4.69) is 65.6 Å². The lowest BCUT2D eigenvalue weighted by Crippen LogP contribution is -2.48. The van der Waals surface area contributed by atoms with E-state index in [0.717, 1.165) is 26.1 Å². The van der Waals surface area contributed by atoms with Crippen LogP contribution in [0, 0.1) is 0 Å². The van der Waals surface area contributed by atoms with Crippen molar-refractivity contribution in [1.82, 2.24) is 4.90 Å². The van der Waals surface area contributed by atoms with E-state index < -0.39 is 5.60 Å². The first-order chi connectivity index (χ1) is 12.0. The van der Waals surface area contributed by atoms with E-state index >= 15 is 0 Å². The Morgan fingerprint density at radius 1 is 1.04 bits per heavy atom. The molecule has 1 unspecified atom stereocenters. The van der Waals surface area contributed by atoms with E-state index in [1.807, 2.05) is 13.8 Å². The summed E-state index contributed by atoms with van der Waals surface area (Å²) in [5.74, 6) is 0.328. The summed E-state index contributed by atoms with van der Waals surface area (Å²) in [5, 5.41) is 10.1. The third-order valence-corrected chi connectivity index (χ3v) is 4.74. The lowest BCUT2D eigenvalue weighted by molar-refractivity contribution is -0.0584. The van der Waals surface area contributed by atoms with Gasteiger partial charge in [-0.1, -0.05) is 60.7 Å². The molecule has 2 aromatic rings. The van der Waals surface area contributed by atoms with E-state index in [1.165, 1.54) is 11.1 Å². The molecule has 0 bridgehead atoms. The first kappa shape index (κ1) is 18.1. The van der Waals surface area contributed by atoms with Crippen LogP contribution in [-0.4, -0.2) is 48.0 Å². The second-order valence-corrected chi connectivity index (χ2v) is 7.65. The first-order valence-corrected chi connectivity index (χ1v) is 9.17. The van der Waals surface area contributed by atoms with E-state index in [9.17, 15) is 5.11 Å². The fourth-order valence-electron chi connectivity index (χ4n) is 3.71. The molecule has 3 nitrogen and oxygen atoms in total. The molecule has 0 amide bonds. The van der Waals surface area contributed by atoms with Gasteiger partial charge in [0.15, 0.2) is 0 Å². The van der Waals surface area contributed by atoms with Crippen molar-refractivity contribution in [3.05, 3.63) is 71.8 Å². The van der Waals surface area contributed by atoms with Gasteiger partial charge in [-0.25, -0.2) is 0 Å². The average Bonchev–Trinajstić information content (AvgIpc) is 2.60. The van der Waals surface area contributed by atoms with Gasteiger partial charge in [0.25, 0.3) is 0 Å². The van der Waals surface area contributed by atoms with Crippen molar-refractivity contribution in [2.24, 2.45) is 0 Å². The number of β-amino-alcohol motifs (C(OH)–C–C–N with tert-alkyl or cyclic N) is 1. The Balaban J connectivity index is 1.74. The monoisotopic (exact) mass is 339 g/mol. The van der Waals surface area contributed by atoms with Crippen LogP contribution in [0.4, 0.5) is 0 Å². The molecular weight excluding hydrogens is 310 g/mol. The van der Waals surface area contributed by atoms with Gasteiger partial charge in [-0.05, 0) is 31.4 Å². The molecule has 3 heteroatoms. The number of aliphatic hydroxyl groups is 1. The summed E-state index contributed by atoms with van der Waals surface area (Å²) < 4.78 is 6.07. The standard InChI is InChI=1S/C22H29NO2/c1-22(2,24)17-23-13-14-25-20(16-23)15-21(18-9-5-3-6-10-18)19-11-7-4-8-12-19/h3-12,20-21,24H,13-17H2,1-2H3. The van der Waals surface area contributed by atoms with Crippen LogP contribution in [0.3, 0.4) is 0 Å². The molecule has 1 aliphatic heterocycles. The fourth-order valence-corrected chi connectivity index (χ4v) is 3.71. The number of morpholine rings is 1. The number of benzene rings is 2. The van der Waals surface area contributed by atoms with E-state index in [4.69, 9.17) is 4.74 Å². The molecule has 0 radical (unpaired) electrons. The van der Waals surface area contributed by atoms with Gasteiger partial charge in [0.2, 0.25) is 0 Å². The minimum atomic E-state index is -0.667. The SMILES string of the molecule is CC(C)(O)CN1CCOC(CC(c2ccccc2)c2ccccc2)C1. The Morgan fingerprint density at radius 3 is 2.12 bits per heavy atom. The molecule has 1 heterocycles. The highest BCUT2D eigenvalue weighted by molar-refractivity contribution is 5.32. The minimum absolute atomic E-state index is 0.182. The molecule has 2 aromatic carbocycles. The summed E-state index contributed by atoms with van der Waals surface area (Å²) in [6.45, 7) is 6.93. The highest BCUT2D eigenvalue weighted by atomic mass is 16.5. The molecule has 1 fully saturated rings. The summed E-state index contributed by atoms with van der Waals surface area (Å²) in [7, 11) is 0. The highest BCUT2D eigenvalue weighted by Gasteiger charge is 2.28. The highest BCUT2D eigenvalue weighted by Crippen LogP contribution is 2.31. The number of hydrogen-bond acceptors (Lipinski definition) is 3. The van der Waals surface area contributed by atoms with Crippen LogP contribution in [0.5, 0.6) is 0 Å². The van der Waals surface area contributed by atoms with Crippen LogP contribution >= 0.6 is 0 Å². The summed E-state index contributed by atoms with van der Waals surface area (Å²) in [6, 6.07) is 21.4. The molecule has 1 atom stereocenters. The molecule has 1 N–H and O–H groups in total. The number of rotatable bonds is 6. The van der Waals surface area contributed by atoms with E-state index in [-0.39, 0.29) is 6.10 Å². The Kier molecular flexibility index (Phi) is 5.89. The smallest absolute Gasteiger partial charge is 0.0718 e. The summed E-state index contributed by atoms with van der Waals surface area (Å²) in [5.41, 5.74) is 1.99. The van der Waals surface area contributed by atoms with Crippen LogP contribution in [0.2, 0.25) is 0 Å². The van der Waals surface area contributed by atoms with Crippen molar-refractivity contribution in [3.63, 3.8) is 0 Å². The molecule has 1 saturated heterocycles. The maximum atomic E-state index is 10.1. The quantitative estimate of drug-likeness (QED) is 0.871. The van der Waals surface area contributed by atoms with Crippen molar-refractivity contribution in [1.29, 1.82) is 0 Å². The number of nitrogens with zero attached hydrogens (tertiary/aromatic N) is 1. The van der Waals surface area contributed by atoms with Gasteiger partial charge < -0.3 is 9.84 Å². The molecule has 134 valence electrons. The van der Waals surface area contributed by atoms with Crippen LogP contribution in [0.15, 0.2) is 60.7 Å². The van der Waals surface area contributed by atoms with Gasteiger partial charge in [0.1, 0.15) is 0 Å². The second-order valence-electron chi connectivity index (χ2n) is 7.65. The zero-order valence-corrected chi connectivity index (χ0v) is 15.3. The van der Waals surface area contributed by atoms with Crippen molar-refractivity contribution in [2.45, 2.75) is 37.9 Å². The van der Waals surface area contributed by atoms with Gasteiger partial charge in [-0.3, -0.25) is 4.90 Å². The molecule has 1 aliphatic rings. The van der Waals surface area contributed by atoms with Crippen LogP contribution in [0.25, 0.3) is 0 Å². The molecule has 0 saturated carbocycles. The molecular formula is C22H29NO2. The van der Waals surface area contributed by atoms with Crippen LogP contribution < -0.4 is 0 Å². The van der Waals surface area contributed by atoms with Crippen molar-refractivity contribution < 1.29 is 9.84 Å². The maximum absolute atomic E-state index is 10.1. The third-order valence-electron chi connectivity index (χ3n) is 4.74. The maximum Gasteiger partial charge on any atom is 0.0718 e. The van der Waals surface area contributed by atoms with Crippen molar-refractivity contribution in [3.8, 4) is 0 Å². The summed E-state index contributed by atoms with van der Waals surface area (Å²) in [6.07, 6.45) is 1.14. The van der Waals surface area contributed by atoms with Gasteiger partial charge in [-0.2, -0.15) is 0 Å². The predicted octanol–water partition coefficient (Wildman–Crippen LogP) is 3.68. The summed E-state index contributed by atoms with van der Waals surface area (Å²) >= 11 is 0. The van der Waals surface area contributed by atoms with E-state index in [1.54, 1.807) is 0 Å².